The number of aromatic nitrogens is 1. The van der Waals surface area contributed by atoms with Gasteiger partial charge in [-0.15, -0.1) is 0 Å². The Bertz CT molecular complexity index is 790. The van der Waals surface area contributed by atoms with Crippen molar-refractivity contribution in [3.8, 4) is 0 Å². The van der Waals surface area contributed by atoms with Crippen LogP contribution in [-0.4, -0.2) is 53.3 Å². The summed E-state index contributed by atoms with van der Waals surface area (Å²) in [5.41, 5.74) is 1.62. The number of pyridine rings is 1. The summed E-state index contributed by atoms with van der Waals surface area (Å²) < 4.78 is 5.23. The van der Waals surface area contributed by atoms with Crippen LogP contribution in [0.3, 0.4) is 0 Å². The van der Waals surface area contributed by atoms with Gasteiger partial charge in [-0.05, 0) is 29.8 Å². The van der Waals surface area contributed by atoms with Crippen LogP contribution >= 0.6 is 0 Å². The molecule has 0 spiro atoms. The van der Waals surface area contributed by atoms with Crippen molar-refractivity contribution >= 4 is 23.5 Å². The first-order valence-corrected chi connectivity index (χ1v) is 8.28. The fourth-order valence-electron chi connectivity index (χ4n) is 2.63. The molecule has 8 heteroatoms. The summed E-state index contributed by atoms with van der Waals surface area (Å²) in [5.74, 6) is -0.534. The summed E-state index contributed by atoms with van der Waals surface area (Å²) in [4.78, 5) is 29.3. The minimum Gasteiger partial charge on any atom is -0.478 e. The number of hydrogen-bond acceptors (Lipinski definition) is 5. The van der Waals surface area contributed by atoms with Gasteiger partial charge in [0.25, 0.3) is 0 Å². The Labute approximate surface area is 150 Å². The molecule has 0 radical (unpaired) electrons. The molecule has 0 unspecified atom stereocenters. The van der Waals surface area contributed by atoms with Crippen molar-refractivity contribution in [1.82, 2.24) is 9.88 Å². The highest BCUT2D eigenvalue weighted by atomic mass is 16.5. The average molecular weight is 356 g/mol. The van der Waals surface area contributed by atoms with Crippen molar-refractivity contribution in [2.45, 2.75) is 6.54 Å². The number of nitrogens with one attached hydrogen (secondary N) is 2. The molecule has 2 aromatic rings. The lowest BCUT2D eigenvalue weighted by Gasteiger charge is -2.26. The van der Waals surface area contributed by atoms with Gasteiger partial charge < -0.3 is 20.1 Å². The summed E-state index contributed by atoms with van der Waals surface area (Å²) in [5, 5.41) is 15.1. The second-order valence-corrected chi connectivity index (χ2v) is 5.78. The maximum atomic E-state index is 12.2. The lowest BCUT2D eigenvalue weighted by molar-refractivity contribution is 0.0564. The molecule has 1 fully saturated rings. The third-order valence-electron chi connectivity index (χ3n) is 4.00. The summed E-state index contributed by atoms with van der Waals surface area (Å²) in [6.07, 6.45) is 1.61. The Kier molecular flexibility index (Phi) is 5.65. The fourth-order valence-corrected chi connectivity index (χ4v) is 2.63. The highest BCUT2D eigenvalue weighted by Crippen LogP contribution is 2.17. The van der Waals surface area contributed by atoms with Gasteiger partial charge in [0.2, 0.25) is 0 Å². The van der Waals surface area contributed by atoms with Gasteiger partial charge in [-0.2, -0.15) is 0 Å². The minimum atomic E-state index is -0.985. The third kappa shape index (κ3) is 4.48. The zero-order chi connectivity index (χ0) is 18.4. The first-order chi connectivity index (χ1) is 12.6. The van der Waals surface area contributed by atoms with Crippen molar-refractivity contribution in [2.75, 3.05) is 36.9 Å². The molecule has 26 heavy (non-hydrogen) atoms. The first-order valence-electron chi connectivity index (χ1n) is 8.28. The van der Waals surface area contributed by atoms with E-state index in [0.717, 1.165) is 5.56 Å². The number of hydrogen-bond donors (Lipinski definition) is 3. The number of amides is 2. The van der Waals surface area contributed by atoms with E-state index in [1.807, 2.05) is 0 Å². The Morgan fingerprint density at radius 3 is 2.73 bits per heavy atom. The van der Waals surface area contributed by atoms with Crippen LogP contribution in [0.1, 0.15) is 15.9 Å². The maximum Gasteiger partial charge on any atom is 0.337 e. The maximum absolute atomic E-state index is 12.2. The van der Waals surface area contributed by atoms with Gasteiger partial charge in [-0.25, -0.2) is 14.6 Å². The van der Waals surface area contributed by atoms with Gasteiger partial charge >= 0.3 is 12.0 Å². The summed E-state index contributed by atoms with van der Waals surface area (Å²) >= 11 is 0. The third-order valence-corrected chi connectivity index (χ3v) is 4.00. The molecule has 1 saturated heterocycles. The number of aromatic carboxylic acids is 1. The number of carboxylic acid groups (broad SMARTS) is 1. The lowest BCUT2D eigenvalue weighted by atomic mass is 10.1. The Balaban J connectivity index is 1.62. The van der Waals surface area contributed by atoms with Gasteiger partial charge in [0.15, 0.2) is 0 Å². The lowest BCUT2D eigenvalue weighted by Crippen LogP contribution is -2.43. The quantitative estimate of drug-likeness (QED) is 0.759. The van der Waals surface area contributed by atoms with Gasteiger partial charge in [0.1, 0.15) is 5.82 Å². The number of urea groups is 1. The van der Waals surface area contributed by atoms with Gasteiger partial charge in [0, 0.05) is 31.5 Å². The van der Waals surface area contributed by atoms with Gasteiger partial charge in [-0.3, -0.25) is 5.32 Å². The van der Waals surface area contributed by atoms with Gasteiger partial charge in [0.05, 0.1) is 18.8 Å². The van der Waals surface area contributed by atoms with Crippen molar-refractivity contribution in [3.63, 3.8) is 0 Å². The number of ether oxygens (including phenoxy) is 1. The highest BCUT2D eigenvalue weighted by molar-refractivity contribution is 5.94. The predicted molar refractivity (Wildman–Crippen MR) is 96.4 cm³/mol. The van der Waals surface area contributed by atoms with E-state index in [0.29, 0.717) is 44.4 Å². The van der Waals surface area contributed by atoms with Crippen LogP contribution in [0, 0.1) is 0 Å². The number of carbonyl (C=O) groups is 2. The molecule has 3 rings (SSSR count). The van der Waals surface area contributed by atoms with E-state index in [-0.39, 0.29) is 11.6 Å². The molecule has 0 saturated carbocycles. The standard InChI is InChI=1S/C18H20N4O4/c23-17(24)14-3-1-2-4-15(14)20-12-13-5-6-19-16(11-13)21-18(25)22-7-9-26-10-8-22/h1-6,11,20H,7-10,12H2,(H,23,24)(H,19,21,25). The Hall–Kier alpha value is -3.13. The van der Waals surface area contributed by atoms with Crippen LogP contribution in [0.2, 0.25) is 0 Å². The second kappa shape index (κ2) is 8.30. The van der Waals surface area contributed by atoms with Crippen molar-refractivity contribution in [3.05, 3.63) is 53.7 Å². The molecule has 0 atom stereocenters. The normalized spacial score (nSPS) is 13.9. The predicted octanol–water partition coefficient (Wildman–Crippen LogP) is 2.26. The monoisotopic (exact) mass is 356 g/mol. The van der Waals surface area contributed by atoms with Crippen LogP contribution in [0.4, 0.5) is 16.3 Å². The number of benzene rings is 1. The van der Waals surface area contributed by atoms with Crippen LogP contribution in [0.25, 0.3) is 0 Å². The largest absolute Gasteiger partial charge is 0.478 e. The molecule has 3 N–H and O–H groups in total. The van der Waals surface area contributed by atoms with E-state index in [2.05, 4.69) is 15.6 Å². The van der Waals surface area contributed by atoms with E-state index in [9.17, 15) is 14.7 Å². The zero-order valence-corrected chi connectivity index (χ0v) is 14.1. The van der Waals surface area contributed by atoms with E-state index >= 15 is 0 Å². The molecule has 0 bridgehead atoms. The van der Waals surface area contributed by atoms with Crippen molar-refractivity contribution < 1.29 is 19.4 Å². The van der Waals surface area contributed by atoms with Gasteiger partial charge in [-0.1, -0.05) is 12.1 Å². The van der Waals surface area contributed by atoms with Crippen LogP contribution in [-0.2, 0) is 11.3 Å². The molecule has 136 valence electrons. The number of carbonyl (C=O) groups excluding carboxylic acids is 1. The van der Waals surface area contributed by atoms with E-state index < -0.39 is 5.97 Å². The van der Waals surface area contributed by atoms with Crippen molar-refractivity contribution in [2.24, 2.45) is 0 Å². The van der Waals surface area contributed by atoms with E-state index in [1.165, 1.54) is 0 Å². The molecule has 2 heterocycles. The SMILES string of the molecule is O=C(O)c1ccccc1NCc1ccnc(NC(=O)N2CCOCC2)c1. The minimum absolute atomic E-state index is 0.206. The Morgan fingerprint density at radius 1 is 1.19 bits per heavy atom. The van der Waals surface area contributed by atoms with E-state index in [1.54, 1.807) is 47.5 Å². The molecule has 0 aliphatic carbocycles. The van der Waals surface area contributed by atoms with E-state index in [4.69, 9.17) is 4.74 Å². The topological polar surface area (TPSA) is 104 Å². The van der Waals surface area contributed by atoms with Crippen LogP contribution in [0.15, 0.2) is 42.6 Å². The second-order valence-electron chi connectivity index (χ2n) is 5.78. The smallest absolute Gasteiger partial charge is 0.337 e. The number of morpholine rings is 1. The Morgan fingerprint density at radius 2 is 1.96 bits per heavy atom. The molecular formula is C18H20N4O4. The first kappa shape index (κ1) is 17.7. The zero-order valence-electron chi connectivity index (χ0n) is 14.1. The average Bonchev–Trinajstić information content (AvgIpc) is 2.67. The fraction of sp³-hybridized carbons (Fsp3) is 0.278. The molecular weight excluding hydrogens is 336 g/mol. The van der Waals surface area contributed by atoms with Crippen molar-refractivity contribution in [1.29, 1.82) is 0 Å². The molecule has 1 aliphatic rings. The molecule has 8 nitrogen and oxygen atoms in total. The highest BCUT2D eigenvalue weighted by Gasteiger charge is 2.17. The number of rotatable bonds is 5. The summed E-state index contributed by atoms with van der Waals surface area (Å²) in [6, 6.07) is 10.1. The number of carboxylic acids is 1. The number of nitrogens with zero attached hydrogens (tertiary/aromatic N) is 2. The number of anilines is 2. The summed E-state index contributed by atoms with van der Waals surface area (Å²) in [6.45, 7) is 2.59. The molecule has 1 aromatic heterocycles. The van der Waals surface area contributed by atoms with Crippen LogP contribution < -0.4 is 10.6 Å². The molecule has 1 aromatic carbocycles. The molecule has 2 amide bonds. The summed E-state index contributed by atoms with van der Waals surface area (Å²) in [7, 11) is 0. The molecule has 1 aliphatic heterocycles. The van der Waals surface area contributed by atoms with Crippen LogP contribution in [0.5, 0.6) is 0 Å². The number of para-hydroxylation sites is 1.